The SMILES string of the molecule is COC(=O)c1c(C(F)F)nc(C(F)(F)F)c(SC(C)Cl)c1CC(C)C. The molecule has 1 aromatic heterocycles. The lowest BCUT2D eigenvalue weighted by molar-refractivity contribution is -0.143. The monoisotopic (exact) mass is 405 g/mol. The van der Waals surface area contributed by atoms with Crippen LogP contribution in [0.25, 0.3) is 0 Å². The molecule has 0 amide bonds. The van der Waals surface area contributed by atoms with E-state index < -0.39 is 45.1 Å². The number of carbonyl (C=O) groups is 1. The van der Waals surface area contributed by atoms with Crippen LogP contribution in [0.3, 0.4) is 0 Å². The van der Waals surface area contributed by atoms with Crippen LogP contribution >= 0.6 is 23.4 Å². The largest absolute Gasteiger partial charge is 0.465 e. The molecule has 142 valence electrons. The van der Waals surface area contributed by atoms with Crippen LogP contribution in [-0.2, 0) is 17.3 Å². The van der Waals surface area contributed by atoms with E-state index in [4.69, 9.17) is 11.6 Å². The zero-order valence-electron chi connectivity index (χ0n) is 13.9. The second-order valence-corrected chi connectivity index (χ2v) is 7.84. The average Bonchev–Trinajstić information content (AvgIpc) is 2.45. The fourth-order valence-corrected chi connectivity index (χ4v) is 3.40. The molecule has 0 radical (unpaired) electrons. The highest BCUT2D eigenvalue weighted by Crippen LogP contribution is 2.43. The van der Waals surface area contributed by atoms with Crippen LogP contribution in [0, 0.1) is 5.92 Å². The molecule has 0 saturated heterocycles. The van der Waals surface area contributed by atoms with Gasteiger partial charge in [0.05, 0.1) is 17.4 Å². The van der Waals surface area contributed by atoms with E-state index in [9.17, 15) is 26.7 Å². The molecule has 0 saturated carbocycles. The van der Waals surface area contributed by atoms with Crippen LogP contribution in [0.1, 0.15) is 54.5 Å². The van der Waals surface area contributed by atoms with Crippen molar-refractivity contribution in [3.05, 3.63) is 22.5 Å². The molecular weight excluding hydrogens is 389 g/mol. The molecule has 1 aromatic rings. The van der Waals surface area contributed by atoms with Gasteiger partial charge in [0.2, 0.25) is 0 Å². The first kappa shape index (κ1) is 22.0. The molecule has 0 aromatic carbocycles. The van der Waals surface area contributed by atoms with Gasteiger partial charge in [-0.2, -0.15) is 13.2 Å². The summed E-state index contributed by atoms with van der Waals surface area (Å²) in [5.74, 6) is -1.36. The Balaban J connectivity index is 3.94. The number of hydrogen-bond acceptors (Lipinski definition) is 4. The smallest absolute Gasteiger partial charge is 0.434 e. The first-order valence-corrected chi connectivity index (χ1v) is 8.52. The maximum absolute atomic E-state index is 13.4. The summed E-state index contributed by atoms with van der Waals surface area (Å²) >= 11 is 6.43. The molecule has 0 aliphatic carbocycles. The van der Waals surface area contributed by atoms with E-state index in [0.717, 1.165) is 7.11 Å². The third-order valence-corrected chi connectivity index (χ3v) is 4.30. The van der Waals surface area contributed by atoms with Gasteiger partial charge in [-0.3, -0.25) is 0 Å². The Labute approximate surface area is 151 Å². The molecule has 0 aliphatic heterocycles. The van der Waals surface area contributed by atoms with E-state index in [-0.39, 0.29) is 17.9 Å². The van der Waals surface area contributed by atoms with E-state index in [1.165, 1.54) is 6.92 Å². The van der Waals surface area contributed by atoms with E-state index in [1.807, 2.05) is 0 Å². The number of ether oxygens (including phenoxy) is 1. The van der Waals surface area contributed by atoms with Crippen molar-refractivity contribution in [2.24, 2.45) is 5.92 Å². The van der Waals surface area contributed by atoms with Gasteiger partial charge in [0.15, 0.2) is 5.69 Å². The van der Waals surface area contributed by atoms with Crippen molar-refractivity contribution in [2.45, 2.75) is 49.4 Å². The number of rotatable bonds is 6. The summed E-state index contributed by atoms with van der Waals surface area (Å²) in [5, 5.41) is 0. The highest BCUT2D eigenvalue weighted by Gasteiger charge is 2.41. The van der Waals surface area contributed by atoms with Crippen molar-refractivity contribution in [1.82, 2.24) is 4.98 Å². The average molecular weight is 406 g/mol. The second-order valence-electron chi connectivity index (χ2n) is 5.58. The number of alkyl halides is 6. The van der Waals surface area contributed by atoms with E-state index in [1.54, 1.807) is 13.8 Å². The quantitative estimate of drug-likeness (QED) is 0.263. The van der Waals surface area contributed by atoms with Crippen molar-refractivity contribution in [3.63, 3.8) is 0 Å². The molecule has 0 bridgehead atoms. The Bertz CT molecular complexity index is 635. The number of carbonyl (C=O) groups excluding carboxylic acids is 1. The minimum Gasteiger partial charge on any atom is -0.465 e. The number of pyridine rings is 1. The van der Waals surface area contributed by atoms with Gasteiger partial charge >= 0.3 is 12.1 Å². The molecule has 0 N–H and O–H groups in total. The minimum absolute atomic E-state index is 0.0400. The number of halogens is 6. The number of methoxy groups -OCH3 is 1. The van der Waals surface area contributed by atoms with Crippen molar-refractivity contribution < 1.29 is 31.5 Å². The van der Waals surface area contributed by atoms with Gasteiger partial charge < -0.3 is 4.74 Å². The molecule has 1 rings (SSSR count). The third kappa shape index (κ3) is 5.44. The standard InChI is InChI=1S/C15H17ClF5NO2S/c1-6(2)5-8-9(14(23)24-4)10(13(17)18)22-12(15(19,20)21)11(8)25-7(3)16/h6-7,13H,5H2,1-4H3. The maximum atomic E-state index is 13.4. The van der Waals surface area contributed by atoms with Crippen LogP contribution in [-0.4, -0.2) is 22.8 Å². The van der Waals surface area contributed by atoms with Gasteiger partial charge in [-0.25, -0.2) is 18.6 Å². The predicted octanol–water partition coefficient (Wildman–Crippen LogP) is 5.70. The van der Waals surface area contributed by atoms with Gasteiger partial charge in [0.25, 0.3) is 6.43 Å². The fourth-order valence-electron chi connectivity index (χ4n) is 2.21. The molecule has 10 heteroatoms. The number of hydrogen-bond donors (Lipinski definition) is 0. The lowest BCUT2D eigenvalue weighted by atomic mass is 9.96. The van der Waals surface area contributed by atoms with Crippen LogP contribution in [0.4, 0.5) is 22.0 Å². The van der Waals surface area contributed by atoms with Crippen molar-refractivity contribution in [1.29, 1.82) is 0 Å². The van der Waals surface area contributed by atoms with Crippen molar-refractivity contribution in [3.8, 4) is 0 Å². The molecule has 1 heterocycles. The first-order chi connectivity index (χ1) is 11.4. The normalized spacial score (nSPS) is 13.4. The van der Waals surface area contributed by atoms with Gasteiger partial charge in [0, 0.05) is 4.90 Å². The lowest BCUT2D eigenvalue weighted by Gasteiger charge is -2.22. The van der Waals surface area contributed by atoms with Gasteiger partial charge in [-0.05, 0) is 24.8 Å². The maximum Gasteiger partial charge on any atom is 0.434 e. The number of aromatic nitrogens is 1. The van der Waals surface area contributed by atoms with Crippen molar-refractivity contribution >= 4 is 29.3 Å². The van der Waals surface area contributed by atoms with Crippen LogP contribution in [0.2, 0.25) is 0 Å². The highest BCUT2D eigenvalue weighted by molar-refractivity contribution is 8.01. The highest BCUT2D eigenvalue weighted by atomic mass is 35.5. The number of thioether (sulfide) groups is 1. The molecule has 3 nitrogen and oxygen atoms in total. The Morgan fingerprint density at radius 3 is 2.20 bits per heavy atom. The van der Waals surface area contributed by atoms with Gasteiger partial charge in [0.1, 0.15) is 5.69 Å². The van der Waals surface area contributed by atoms with E-state index in [0.29, 0.717) is 11.8 Å². The van der Waals surface area contributed by atoms with Gasteiger partial charge in [-0.15, -0.1) is 23.4 Å². The lowest BCUT2D eigenvalue weighted by Crippen LogP contribution is -2.21. The summed E-state index contributed by atoms with van der Waals surface area (Å²) in [5.41, 5.74) is -3.50. The predicted molar refractivity (Wildman–Crippen MR) is 85.2 cm³/mol. The number of esters is 1. The Morgan fingerprint density at radius 2 is 1.84 bits per heavy atom. The first-order valence-electron chi connectivity index (χ1n) is 7.21. The number of nitrogens with zero attached hydrogens (tertiary/aromatic N) is 1. The van der Waals surface area contributed by atoms with E-state index >= 15 is 0 Å². The molecule has 0 fully saturated rings. The van der Waals surface area contributed by atoms with Crippen LogP contribution in [0.5, 0.6) is 0 Å². The second kappa shape index (κ2) is 8.53. The molecule has 0 aliphatic rings. The zero-order valence-corrected chi connectivity index (χ0v) is 15.5. The fraction of sp³-hybridized carbons (Fsp3) is 0.600. The summed E-state index contributed by atoms with van der Waals surface area (Å²) < 4.78 is 70.6. The molecule has 0 spiro atoms. The molecular formula is C15H17ClF5NO2S. The van der Waals surface area contributed by atoms with E-state index in [2.05, 4.69) is 9.72 Å². The summed E-state index contributed by atoms with van der Waals surface area (Å²) in [6, 6.07) is 0. The summed E-state index contributed by atoms with van der Waals surface area (Å²) in [6.07, 6.45) is -8.38. The van der Waals surface area contributed by atoms with Gasteiger partial charge in [-0.1, -0.05) is 13.8 Å². The molecule has 25 heavy (non-hydrogen) atoms. The topological polar surface area (TPSA) is 39.2 Å². The molecule has 1 unspecified atom stereocenters. The Kier molecular flexibility index (Phi) is 7.49. The van der Waals surface area contributed by atoms with Crippen LogP contribution in [0.15, 0.2) is 4.90 Å². The summed E-state index contributed by atoms with van der Waals surface area (Å²) in [7, 11) is 0.964. The summed E-state index contributed by atoms with van der Waals surface area (Å²) in [4.78, 5) is 14.7. The zero-order chi connectivity index (χ0) is 19.5. The minimum atomic E-state index is -4.97. The van der Waals surface area contributed by atoms with Crippen LogP contribution < -0.4 is 0 Å². The van der Waals surface area contributed by atoms with Crippen molar-refractivity contribution in [2.75, 3.05) is 7.11 Å². The molecule has 1 atom stereocenters. The Morgan fingerprint density at radius 1 is 1.28 bits per heavy atom. The Hall–Kier alpha value is -1.09. The summed E-state index contributed by atoms with van der Waals surface area (Å²) in [6.45, 7) is 4.81. The third-order valence-electron chi connectivity index (χ3n) is 3.04.